The van der Waals surface area contributed by atoms with Crippen LogP contribution in [0.2, 0.25) is 0 Å². The summed E-state index contributed by atoms with van der Waals surface area (Å²) in [6.45, 7) is 10.8. The van der Waals surface area contributed by atoms with Crippen molar-refractivity contribution in [1.82, 2.24) is 0 Å². The fraction of sp³-hybridized carbons (Fsp3) is 0.786. The van der Waals surface area contributed by atoms with Crippen LogP contribution in [0.3, 0.4) is 0 Å². The lowest BCUT2D eigenvalue weighted by Gasteiger charge is -2.58. The lowest BCUT2D eigenvalue weighted by molar-refractivity contribution is -0.336. The molecule has 12 atom stereocenters. The molecule has 2 heterocycles. The van der Waals surface area contributed by atoms with E-state index < -0.39 is 11.9 Å². The second-order valence-corrected chi connectivity index (χ2v) is 12.6. The van der Waals surface area contributed by atoms with Gasteiger partial charge in [-0.15, -0.1) is 0 Å². The van der Waals surface area contributed by atoms with Gasteiger partial charge in [0.2, 0.25) is 5.79 Å². The summed E-state index contributed by atoms with van der Waals surface area (Å²) < 4.78 is 12.5. The number of allylic oxidation sites excluding steroid dienone is 4. The topological polar surface area (TPSA) is 72.8 Å². The maximum absolute atomic E-state index is 12.4. The van der Waals surface area contributed by atoms with Crippen molar-refractivity contribution in [3.63, 3.8) is 0 Å². The van der Waals surface area contributed by atoms with Crippen molar-refractivity contribution in [2.24, 2.45) is 52.3 Å². The molecule has 0 bridgehead atoms. The number of carbonyl (C=O) groups excluding carboxylic acids is 2. The molecule has 0 amide bonds. The zero-order valence-electron chi connectivity index (χ0n) is 20.5. The second kappa shape index (κ2) is 6.81. The van der Waals surface area contributed by atoms with E-state index in [0.29, 0.717) is 17.8 Å². The Morgan fingerprint density at radius 1 is 1.09 bits per heavy atom. The molecule has 3 saturated carbocycles. The molecule has 2 aliphatic heterocycles. The molecule has 6 rings (SSSR count). The standard InChI is InChI=1S/C28H38O5/c1-14-16(3)28(33-25(14)31)24(30)15(2)23-22(32-28)13-21-19-7-6-17-12-18(29)8-10-26(17,4)20(19)9-11-27(21,23)5/h8,10,12,14-16,19-24,30H,6-7,9,11,13H2,1-5H3/t14-,15-,16+,19+,20-,21-,22-,23-,24-,26-,27-,28-/m0/s1. The van der Waals surface area contributed by atoms with Crippen molar-refractivity contribution in [3.05, 3.63) is 23.8 Å². The molecule has 0 aromatic carbocycles. The minimum atomic E-state index is -1.21. The van der Waals surface area contributed by atoms with Crippen LogP contribution in [0.5, 0.6) is 0 Å². The van der Waals surface area contributed by atoms with E-state index in [-0.39, 0.29) is 52.4 Å². The molecule has 2 saturated heterocycles. The minimum Gasteiger partial charge on any atom is -0.430 e. The third-order valence-electron chi connectivity index (χ3n) is 11.5. The second-order valence-electron chi connectivity index (χ2n) is 12.6. The van der Waals surface area contributed by atoms with Gasteiger partial charge in [0, 0.05) is 11.3 Å². The summed E-state index contributed by atoms with van der Waals surface area (Å²) >= 11 is 0. The summed E-state index contributed by atoms with van der Waals surface area (Å²) in [4.78, 5) is 24.5. The Labute approximate surface area is 197 Å². The molecule has 5 fully saturated rings. The van der Waals surface area contributed by atoms with Crippen LogP contribution in [0.4, 0.5) is 0 Å². The van der Waals surface area contributed by atoms with Crippen molar-refractivity contribution >= 4 is 11.8 Å². The monoisotopic (exact) mass is 454 g/mol. The van der Waals surface area contributed by atoms with Gasteiger partial charge in [-0.3, -0.25) is 9.59 Å². The Balaban J connectivity index is 1.34. The van der Waals surface area contributed by atoms with Crippen molar-refractivity contribution in [3.8, 4) is 0 Å². The van der Waals surface area contributed by atoms with Crippen LogP contribution in [-0.2, 0) is 19.1 Å². The number of ether oxygens (including phenoxy) is 2. The van der Waals surface area contributed by atoms with E-state index in [9.17, 15) is 14.7 Å². The van der Waals surface area contributed by atoms with E-state index in [1.165, 1.54) is 5.57 Å². The van der Waals surface area contributed by atoms with Crippen molar-refractivity contribution < 1.29 is 24.2 Å². The van der Waals surface area contributed by atoms with Crippen molar-refractivity contribution in [1.29, 1.82) is 0 Å². The first-order valence-electron chi connectivity index (χ1n) is 13.1. The van der Waals surface area contributed by atoms with E-state index in [4.69, 9.17) is 9.47 Å². The summed E-state index contributed by atoms with van der Waals surface area (Å²) in [6.07, 6.45) is 10.4. The van der Waals surface area contributed by atoms with Gasteiger partial charge in [-0.2, -0.15) is 0 Å². The van der Waals surface area contributed by atoms with Crippen LogP contribution in [0.1, 0.15) is 66.7 Å². The number of hydrogen-bond acceptors (Lipinski definition) is 5. The average molecular weight is 455 g/mol. The zero-order chi connectivity index (χ0) is 23.5. The predicted octanol–water partition coefficient (Wildman–Crippen LogP) is 4.44. The Hall–Kier alpha value is -1.46. The van der Waals surface area contributed by atoms with E-state index in [0.717, 1.165) is 32.1 Å². The average Bonchev–Trinajstić information content (AvgIpc) is 3.18. The molecular weight excluding hydrogens is 416 g/mol. The third kappa shape index (κ3) is 2.61. The van der Waals surface area contributed by atoms with Crippen LogP contribution < -0.4 is 0 Å². The molecule has 4 aliphatic carbocycles. The summed E-state index contributed by atoms with van der Waals surface area (Å²) in [5, 5.41) is 11.5. The first-order valence-corrected chi connectivity index (χ1v) is 13.1. The van der Waals surface area contributed by atoms with Crippen molar-refractivity contribution in [2.45, 2.75) is 84.7 Å². The highest BCUT2D eigenvalue weighted by molar-refractivity contribution is 6.01. The number of rotatable bonds is 0. The number of ketones is 1. The fourth-order valence-electron chi connectivity index (χ4n) is 9.51. The number of aliphatic hydroxyl groups excluding tert-OH is 1. The normalized spacial score (nSPS) is 57.2. The van der Waals surface area contributed by atoms with Gasteiger partial charge in [0.05, 0.1) is 12.0 Å². The molecule has 0 radical (unpaired) electrons. The van der Waals surface area contributed by atoms with Crippen molar-refractivity contribution in [2.75, 3.05) is 0 Å². The van der Waals surface area contributed by atoms with Crippen LogP contribution in [0.25, 0.3) is 0 Å². The molecule has 1 N–H and O–H groups in total. The molecule has 0 aromatic rings. The van der Waals surface area contributed by atoms with Crippen LogP contribution >= 0.6 is 0 Å². The predicted molar refractivity (Wildman–Crippen MR) is 123 cm³/mol. The molecule has 0 aromatic heterocycles. The quantitative estimate of drug-likeness (QED) is 0.548. The maximum Gasteiger partial charge on any atom is 0.311 e. The number of hydrogen-bond donors (Lipinski definition) is 1. The van der Waals surface area contributed by atoms with Gasteiger partial charge in [0.1, 0.15) is 6.10 Å². The Morgan fingerprint density at radius 3 is 2.55 bits per heavy atom. The Morgan fingerprint density at radius 2 is 1.85 bits per heavy atom. The fourth-order valence-corrected chi connectivity index (χ4v) is 9.51. The first-order chi connectivity index (χ1) is 15.5. The molecule has 180 valence electrons. The largest absolute Gasteiger partial charge is 0.430 e. The maximum atomic E-state index is 12.4. The molecule has 5 nitrogen and oxygen atoms in total. The molecule has 5 heteroatoms. The molecule has 6 aliphatic rings. The number of carbonyl (C=O) groups is 2. The van der Waals surface area contributed by atoms with E-state index >= 15 is 0 Å². The van der Waals surface area contributed by atoms with Gasteiger partial charge in [-0.1, -0.05) is 46.3 Å². The van der Waals surface area contributed by atoms with Gasteiger partial charge in [0.25, 0.3) is 0 Å². The molecule has 0 unspecified atom stereocenters. The van der Waals surface area contributed by atoms with E-state index in [2.05, 4.69) is 26.8 Å². The SMILES string of the molecule is C[C@H]1[C@H]2[C@H](C[C@H]3[C@@H]4CCC5=CC(=O)C=C[C@]5(C)[C@H]4CC[C@]23C)O[C@@]2(OC(=O)[C@@H](C)[C@H]2C)[C@H]1O. The third-order valence-corrected chi connectivity index (χ3v) is 11.5. The summed E-state index contributed by atoms with van der Waals surface area (Å²) in [5.74, 6) is 0.146. The van der Waals surface area contributed by atoms with Gasteiger partial charge < -0.3 is 14.6 Å². The lowest BCUT2D eigenvalue weighted by Crippen LogP contribution is -2.62. The van der Waals surface area contributed by atoms with Gasteiger partial charge in [0.15, 0.2) is 5.78 Å². The summed E-state index contributed by atoms with van der Waals surface area (Å²) in [6, 6.07) is 0. The number of fused-ring (bicyclic) bond motifs is 7. The highest BCUT2D eigenvalue weighted by atomic mass is 16.7. The van der Waals surface area contributed by atoms with Crippen LogP contribution in [-0.4, -0.2) is 34.9 Å². The minimum absolute atomic E-state index is 0.00548. The Bertz CT molecular complexity index is 967. The lowest BCUT2D eigenvalue weighted by atomic mass is 9.47. The zero-order valence-corrected chi connectivity index (χ0v) is 20.5. The van der Waals surface area contributed by atoms with E-state index in [1.54, 1.807) is 6.08 Å². The first kappa shape index (κ1) is 22.0. The highest BCUT2D eigenvalue weighted by Gasteiger charge is 2.70. The Kier molecular flexibility index (Phi) is 4.55. The van der Waals surface area contributed by atoms with Gasteiger partial charge in [-0.25, -0.2) is 0 Å². The number of esters is 1. The van der Waals surface area contributed by atoms with Crippen LogP contribution in [0, 0.1) is 52.3 Å². The van der Waals surface area contributed by atoms with Crippen LogP contribution in [0.15, 0.2) is 23.8 Å². The number of aliphatic hydroxyl groups is 1. The van der Waals surface area contributed by atoms with Gasteiger partial charge in [-0.05, 0) is 79.3 Å². The molecular formula is C28H38O5. The smallest absolute Gasteiger partial charge is 0.311 e. The molecule has 1 spiro atoms. The summed E-state index contributed by atoms with van der Waals surface area (Å²) in [7, 11) is 0. The molecule has 33 heavy (non-hydrogen) atoms. The summed E-state index contributed by atoms with van der Waals surface area (Å²) in [5.41, 5.74) is 1.40. The highest BCUT2D eigenvalue weighted by Crippen LogP contribution is 2.69. The van der Waals surface area contributed by atoms with Gasteiger partial charge >= 0.3 is 5.97 Å². The van der Waals surface area contributed by atoms with E-state index in [1.807, 2.05) is 19.9 Å².